The largest absolute Gasteiger partial charge is 0.465 e. The monoisotopic (exact) mass is 215 g/mol. The van der Waals surface area contributed by atoms with E-state index in [0.717, 1.165) is 13.0 Å². The van der Waals surface area contributed by atoms with Gasteiger partial charge in [-0.1, -0.05) is 0 Å². The van der Waals surface area contributed by atoms with E-state index in [1.807, 2.05) is 19.0 Å². The number of carbonyl (C=O) groups excluding carboxylic acids is 2. The molecule has 0 fully saturated rings. The van der Waals surface area contributed by atoms with E-state index in [1.165, 1.54) is 6.92 Å². The van der Waals surface area contributed by atoms with Gasteiger partial charge >= 0.3 is 5.97 Å². The van der Waals surface area contributed by atoms with Crippen LogP contribution in [0.25, 0.3) is 0 Å². The lowest BCUT2D eigenvalue weighted by Crippen LogP contribution is -2.25. The molecule has 0 rings (SSSR count). The highest BCUT2D eigenvalue weighted by molar-refractivity contribution is 5.97. The quantitative estimate of drug-likeness (QED) is 0.471. The van der Waals surface area contributed by atoms with Crippen LogP contribution in [0.1, 0.15) is 26.7 Å². The van der Waals surface area contributed by atoms with E-state index in [4.69, 9.17) is 4.74 Å². The van der Waals surface area contributed by atoms with E-state index >= 15 is 0 Å². The molecule has 0 aromatic rings. The Bertz CT molecular complexity index is 214. The molecule has 0 aromatic carbocycles. The fraction of sp³-hybridized carbons (Fsp3) is 0.818. The number of rotatable bonds is 7. The van der Waals surface area contributed by atoms with Crippen LogP contribution in [-0.4, -0.2) is 43.9 Å². The Hall–Kier alpha value is -0.900. The lowest BCUT2D eigenvalue weighted by molar-refractivity contribution is -0.151. The van der Waals surface area contributed by atoms with Gasteiger partial charge in [-0.25, -0.2) is 0 Å². The summed E-state index contributed by atoms with van der Waals surface area (Å²) in [7, 11) is 3.93. The smallest absolute Gasteiger partial charge is 0.316 e. The van der Waals surface area contributed by atoms with Crippen LogP contribution < -0.4 is 0 Å². The Morgan fingerprint density at radius 2 is 1.93 bits per heavy atom. The van der Waals surface area contributed by atoms with Crippen LogP contribution >= 0.6 is 0 Å². The molecule has 4 nitrogen and oxygen atoms in total. The van der Waals surface area contributed by atoms with Crippen molar-refractivity contribution in [3.8, 4) is 0 Å². The van der Waals surface area contributed by atoms with Gasteiger partial charge in [-0.3, -0.25) is 9.59 Å². The molecule has 0 aliphatic heterocycles. The number of carbonyl (C=O) groups is 2. The van der Waals surface area contributed by atoms with Crippen LogP contribution in [-0.2, 0) is 14.3 Å². The molecule has 0 N–H and O–H groups in total. The van der Waals surface area contributed by atoms with E-state index < -0.39 is 5.92 Å². The molecular formula is C11H21NO3. The molecule has 0 amide bonds. The number of hydrogen-bond donors (Lipinski definition) is 0. The molecule has 0 bridgehead atoms. The summed E-state index contributed by atoms with van der Waals surface area (Å²) in [6.45, 7) is 4.39. The second-order valence-corrected chi connectivity index (χ2v) is 3.86. The average Bonchev–Trinajstić information content (AvgIpc) is 2.11. The Morgan fingerprint density at radius 3 is 2.33 bits per heavy atom. The van der Waals surface area contributed by atoms with Gasteiger partial charge in [0.05, 0.1) is 6.61 Å². The third kappa shape index (κ3) is 6.23. The van der Waals surface area contributed by atoms with E-state index in [2.05, 4.69) is 0 Å². The second kappa shape index (κ2) is 7.40. The molecule has 0 spiro atoms. The Morgan fingerprint density at radius 1 is 1.33 bits per heavy atom. The van der Waals surface area contributed by atoms with Crippen LogP contribution in [0.4, 0.5) is 0 Å². The van der Waals surface area contributed by atoms with Crippen LogP contribution in [0.3, 0.4) is 0 Å². The summed E-state index contributed by atoms with van der Waals surface area (Å²) in [6.07, 6.45) is 1.41. The Labute approximate surface area is 91.6 Å². The third-order valence-electron chi connectivity index (χ3n) is 2.16. The first-order valence-corrected chi connectivity index (χ1v) is 5.30. The highest BCUT2D eigenvalue weighted by Gasteiger charge is 2.23. The molecule has 88 valence electrons. The van der Waals surface area contributed by atoms with Gasteiger partial charge in [-0.2, -0.15) is 0 Å². The molecule has 4 heteroatoms. The lowest BCUT2D eigenvalue weighted by atomic mass is 9.99. The zero-order chi connectivity index (χ0) is 11.8. The Kier molecular flexibility index (Phi) is 6.96. The molecule has 0 saturated heterocycles. The van der Waals surface area contributed by atoms with Gasteiger partial charge in [0.25, 0.3) is 0 Å². The summed E-state index contributed by atoms with van der Waals surface area (Å²) in [5.74, 6) is -1.07. The summed E-state index contributed by atoms with van der Waals surface area (Å²) in [5.41, 5.74) is 0. The minimum atomic E-state index is -0.579. The average molecular weight is 215 g/mol. The fourth-order valence-corrected chi connectivity index (χ4v) is 1.34. The topological polar surface area (TPSA) is 46.6 Å². The fourth-order valence-electron chi connectivity index (χ4n) is 1.34. The predicted molar refractivity (Wildman–Crippen MR) is 58.6 cm³/mol. The zero-order valence-electron chi connectivity index (χ0n) is 10.1. The molecule has 0 radical (unpaired) electrons. The second-order valence-electron chi connectivity index (χ2n) is 3.86. The first kappa shape index (κ1) is 14.1. The van der Waals surface area contributed by atoms with Crippen LogP contribution in [0, 0.1) is 5.92 Å². The summed E-state index contributed by atoms with van der Waals surface area (Å²) in [4.78, 5) is 24.7. The zero-order valence-corrected chi connectivity index (χ0v) is 10.1. The molecule has 1 atom stereocenters. The van der Waals surface area contributed by atoms with Gasteiger partial charge in [0, 0.05) is 0 Å². The summed E-state index contributed by atoms with van der Waals surface area (Å²) in [6, 6.07) is 0. The van der Waals surface area contributed by atoms with E-state index in [-0.39, 0.29) is 11.8 Å². The molecule has 0 heterocycles. The normalized spacial score (nSPS) is 12.6. The van der Waals surface area contributed by atoms with Crippen molar-refractivity contribution in [2.24, 2.45) is 5.92 Å². The van der Waals surface area contributed by atoms with Crippen LogP contribution in [0.15, 0.2) is 0 Å². The lowest BCUT2D eigenvalue weighted by Gasteiger charge is -2.14. The number of nitrogens with zero attached hydrogens (tertiary/aromatic N) is 1. The van der Waals surface area contributed by atoms with Crippen molar-refractivity contribution in [3.05, 3.63) is 0 Å². The maximum Gasteiger partial charge on any atom is 0.316 e. The van der Waals surface area contributed by atoms with Crippen molar-refractivity contribution in [2.75, 3.05) is 27.2 Å². The molecular weight excluding hydrogens is 194 g/mol. The third-order valence-corrected chi connectivity index (χ3v) is 2.16. The minimum Gasteiger partial charge on any atom is -0.465 e. The number of ketones is 1. The van der Waals surface area contributed by atoms with Crippen molar-refractivity contribution < 1.29 is 14.3 Å². The number of hydrogen-bond acceptors (Lipinski definition) is 4. The van der Waals surface area contributed by atoms with Crippen LogP contribution in [0.2, 0.25) is 0 Å². The van der Waals surface area contributed by atoms with Crippen molar-refractivity contribution in [1.29, 1.82) is 0 Å². The number of esters is 1. The first-order valence-electron chi connectivity index (χ1n) is 5.30. The van der Waals surface area contributed by atoms with Gasteiger partial charge in [0.2, 0.25) is 0 Å². The molecule has 1 unspecified atom stereocenters. The molecule has 0 aliphatic rings. The van der Waals surface area contributed by atoms with Gasteiger partial charge in [-0.05, 0) is 47.3 Å². The molecule has 0 aromatic heterocycles. The molecule has 0 aliphatic carbocycles. The van der Waals surface area contributed by atoms with Crippen molar-refractivity contribution in [2.45, 2.75) is 26.7 Å². The minimum absolute atomic E-state index is 0.104. The van der Waals surface area contributed by atoms with Gasteiger partial charge in [-0.15, -0.1) is 0 Å². The van der Waals surface area contributed by atoms with Crippen molar-refractivity contribution >= 4 is 11.8 Å². The SMILES string of the molecule is CCOC(=O)C(CCCN(C)C)C(C)=O. The van der Waals surface area contributed by atoms with Crippen LogP contribution in [0.5, 0.6) is 0 Å². The van der Waals surface area contributed by atoms with Gasteiger partial charge in [0.1, 0.15) is 11.7 Å². The van der Waals surface area contributed by atoms with Crippen molar-refractivity contribution in [1.82, 2.24) is 4.90 Å². The number of ether oxygens (including phenoxy) is 1. The van der Waals surface area contributed by atoms with Crippen molar-refractivity contribution in [3.63, 3.8) is 0 Å². The maximum absolute atomic E-state index is 11.4. The van der Waals surface area contributed by atoms with E-state index in [1.54, 1.807) is 6.92 Å². The standard InChI is InChI=1S/C11H21NO3/c1-5-15-11(14)10(9(2)13)7-6-8-12(3)4/h10H,5-8H2,1-4H3. The maximum atomic E-state index is 11.4. The summed E-state index contributed by atoms with van der Waals surface area (Å²) < 4.78 is 4.85. The van der Waals surface area contributed by atoms with E-state index in [0.29, 0.717) is 13.0 Å². The summed E-state index contributed by atoms with van der Waals surface area (Å²) in [5, 5.41) is 0. The van der Waals surface area contributed by atoms with Gasteiger partial charge < -0.3 is 9.64 Å². The molecule has 15 heavy (non-hydrogen) atoms. The predicted octanol–water partition coefficient (Wildman–Crippen LogP) is 1.10. The highest BCUT2D eigenvalue weighted by Crippen LogP contribution is 2.10. The number of Topliss-reactive ketones (excluding diaryl/α,β-unsaturated/α-hetero) is 1. The summed E-state index contributed by atoms with van der Waals surface area (Å²) >= 11 is 0. The molecule has 0 saturated carbocycles. The first-order chi connectivity index (χ1) is 6.99. The Balaban J connectivity index is 4.05. The van der Waals surface area contributed by atoms with Gasteiger partial charge in [0.15, 0.2) is 0 Å². The highest BCUT2D eigenvalue weighted by atomic mass is 16.5. The van der Waals surface area contributed by atoms with E-state index in [9.17, 15) is 9.59 Å².